The van der Waals surface area contributed by atoms with Gasteiger partial charge in [0.1, 0.15) is 23.3 Å². The first-order valence-corrected chi connectivity index (χ1v) is 47.6. The highest BCUT2D eigenvalue weighted by Crippen LogP contribution is 2.23. The lowest BCUT2D eigenvalue weighted by atomic mass is 10.0. The number of H-pyrrole nitrogens is 1. The second kappa shape index (κ2) is 70.3. The quantitative estimate of drug-likeness (QED) is 0.0615. The fourth-order valence-corrected chi connectivity index (χ4v) is 13.6. The van der Waals surface area contributed by atoms with Gasteiger partial charge in [-0.1, -0.05) is 416 Å². The van der Waals surface area contributed by atoms with Crippen molar-refractivity contribution < 1.29 is 17.6 Å². The van der Waals surface area contributed by atoms with Gasteiger partial charge in [-0.2, -0.15) is 0 Å². The maximum atomic E-state index is 12.9. The maximum absolute atomic E-state index is 12.9. The summed E-state index contributed by atoms with van der Waals surface area (Å²) in [5.74, 6) is 8.95. The summed E-state index contributed by atoms with van der Waals surface area (Å²) in [4.78, 5) is 3.29. The van der Waals surface area contributed by atoms with Crippen molar-refractivity contribution in [1.29, 1.82) is 0 Å². The van der Waals surface area contributed by atoms with E-state index < -0.39 is 11.6 Å². The molecule has 0 amide bonds. The summed E-state index contributed by atoms with van der Waals surface area (Å²) in [6.45, 7) is 68.2. The van der Waals surface area contributed by atoms with Gasteiger partial charge in [-0.3, -0.25) is 0 Å². The van der Waals surface area contributed by atoms with Crippen molar-refractivity contribution in [1.82, 2.24) is 4.98 Å². The molecule has 1 nitrogen and oxygen atoms in total. The zero-order valence-electron chi connectivity index (χ0n) is 84.2. The molecule has 1 aromatic heterocycles. The molecule has 1 N–H and O–H groups in total. The van der Waals surface area contributed by atoms with Gasteiger partial charge in [0.15, 0.2) is 0 Å². The number of hydrogen-bond acceptors (Lipinski definition) is 0. The molecule has 0 atom stereocenters. The lowest BCUT2D eigenvalue weighted by Gasteiger charge is -2.05. The van der Waals surface area contributed by atoms with Gasteiger partial charge in [-0.05, 0) is 284 Å². The Morgan fingerprint density at radius 3 is 0.944 bits per heavy atom. The van der Waals surface area contributed by atoms with E-state index in [9.17, 15) is 17.6 Å². The van der Waals surface area contributed by atoms with E-state index in [0.29, 0.717) is 30.1 Å². The molecule has 0 radical (unpaired) electrons. The van der Waals surface area contributed by atoms with Crippen LogP contribution in [0, 0.1) is 127 Å². The Kier molecular flexibility index (Phi) is 67.1. The number of halogens is 7. The Hall–Kier alpha value is -7.67. The molecule has 0 saturated carbocycles. The minimum atomic E-state index is -0.495. The second-order valence-corrected chi connectivity index (χ2v) is 40.4. The van der Waals surface area contributed by atoms with E-state index in [1.807, 2.05) is 62.4 Å². The first-order chi connectivity index (χ1) is 58.7. The summed E-state index contributed by atoms with van der Waals surface area (Å²) < 4.78 is 50.8. The molecule has 0 unspecified atom stereocenters. The molecule has 0 spiro atoms. The highest BCUT2D eigenvalue weighted by atomic mass is 35.5. The van der Waals surface area contributed by atoms with E-state index >= 15 is 0 Å². The molecule has 0 aliphatic carbocycles. The number of aromatic amines is 1. The average molecular weight is 1790 g/mol. The van der Waals surface area contributed by atoms with Gasteiger partial charge in [0.05, 0.1) is 0 Å². The standard InChI is InChI=1S/C12H15N.3C11H16.2C10H13Cl.C10H12F2.2C10H13F.C10H14.C7H16.C6H14.ClH/c1-9(2)7-10-8-13-12-6-4-3-5-11(10)12;1-9(2)8-11-6-4-10(3)5-7-11;2*1-9(2)7-11-6-4-5-10(3)8-11;1-8(2)7-9-3-5-10(11)6-4-9;1-8(2)7-9-5-3-4-6-10(9)11;1-7(2)3-8-4-9(11)6-10(12)5-8;1-8(2)6-9-4-3-5-10(11)7-9;1-8(2)7-9-5-3-4-6-10(9)11;1-9(2)8-10-6-4-3-5-7-10;1-6(2)5-7(3)4;1-5(2)6(3)4;/h3-6,8-9,13H,7H2,1-2H3;4-7,9H,8H2,1-3H3;2*4-6,8-9H,7H2,1-3H3;2*3-6,8H,7H2,1-2H3;4-7H,3H2,1-2H3;3-5,7-8H,6H2,1-2H3;3-6,8H,7H2,1-2H3;3-7,9H,8H2,1-2H3;6-7H,5H2,1-4H3;5-6H,1-4H3;1H. The third-order valence-electron chi connectivity index (χ3n) is 19.1. The van der Waals surface area contributed by atoms with Crippen molar-refractivity contribution in [2.24, 2.45) is 82.9 Å². The topological polar surface area (TPSA) is 15.8 Å². The van der Waals surface area contributed by atoms with Gasteiger partial charge in [0, 0.05) is 33.2 Å². The van der Waals surface area contributed by atoms with Gasteiger partial charge in [0.2, 0.25) is 0 Å². The number of rotatable bonds is 23. The molecular weight excluding hydrogens is 1610 g/mol. The Morgan fingerprint density at radius 1 is 0.246 bits per heavy atom. The normalized spacial score (nSPS) is 10.6. The zero-order valence-corrected chi connectivity index (χ0v) is 86.5. The number of nitrogens with one attached hydrogen (secondary N) is 1. The fourth-order valence-electron chi connectivity index (χ4n) is 13.2. The predicted octanol–water partition coefficient (Wildman–Crippen LogP) is 37.5. The smallest absolute Gasteiger partial charge is 0.126 e. The van der Waals surface area contributed by atoms with Crippen molar-refractivity contribution in [2.75, 3.05) is 0 Å². The van der Waals surface area contributed by atoms with Crippen LogP contribution in [-0.2, 0) is 64.2 Å². The number of hydrogen-bond donors (Lipinski definition) is 1. The molecule has 0 bridgehead atoms. The average Bonchev–Trinajstić information content (AvgIpc) is 1.69. The molecule has 11 rings (SSSR count). The van der Waals surface area contributed by atoms with Crippen LogP contribution in [-0.4, -0.2) is 4.98 Å². The van der Waals surface area contributed by atoms with E-state index in [0.717, 1.165) is 124 Å². The van der Waals surface area contributed by atoms with E-state index in [1.165, 1.54) is 123 Å². The van der Waals surface area contributed by atoms with E-state index in [1.54, 1.807) is 18.2 Å². The third kappa shape index (κ3) is 66.7. The molecule has 698 valence electrons. The van der Waals surface area contributed by atoms with Crippen molar-refractivity contribution >= 4 is 46.5 Å². The lowest BCUT2D eigenvalue weighted by Crippen LogP contribution is -1.96. The second-order valence-electron chi connectivity index (χ2n) is 39.5. The molecule has 0 saturated heterocycles. The van der Waals surface area contributed by atoms with Crippen molar-refractivity contribution in [3.8, 4) is 0 Å². The summed E-state index contributed by atoms with van der Waals surface area (Å²) in [5, 5.41) is 3.08. The lowest BCUT2D eigenvalue weighted by molar-refractivity contribution is 0.457. The van der Waals surface area contributed by atoms with Crippen molar-refractivity contribution in [3.63, 3.8) is 0 Å². The third-order valence-corrected chi connectivity index (χ3v) is 19.7. The molecule has 0 aliphatic heterocycles. The van der Waals surface area contributed by atoms with Crippen LogP contribution in [0.3, 0.4) is 0 Å². The van der Waals surface area contributed by atoms with Gasteiger partial charge in [-0.15, -0.1) is 12.4 Å². The molecule has 11 aromatic rings. The monoisotopic (exact) mass is 1780 g/mol. The molecule has 8 heteroatoms. The summed E-state index contributed by atoms with van der Waals surface area (Å²) in [7, 11) is 0. The molecule has 126 heavy (non-hydrogen) atoms. The number of benzene rings is 10. The Balaban J connectivity index is 0. The molecule has 0 aliphatic rings. The van der Waals surface area contributed by atoms with Gasteiger partial charge >= 0.3 is 0 Å². The van der Waals surface area contributed by atoms with Crippen LogP contribution in [0.25, 0.3) is 10.9 Å². The van der Waals surface area contributed by atoms with E-state index in [2.05, 4.69) is 358 Å². The van der Waals surface area contributed by atoms with Gasteiger partial charge in [-0.25, -0.2) is 17.6 Å². The Bertz CT molecular complexity index is 4190. The van der Waals surface area contributed by atoms with E-state index in [4.69, 9.17) is 23.2 Å². The van der Waals surface area contributed by atoms with Gasteiger partial charge in [0.25, 0.3) is 0 Å². The van der Waals surface area contributed by atoms with Crippen LogP contribution in [0.15, 0.2) is 249 Å². The Morgan fingerprint density at radius 2 is 0.563 bits per heavy atom. The zero-order chi connectivity index (χ0) is 94.7. The number of aryl methyl sites for hydroxylation is 3. The summed E-state index contributed by atoms with van der Waals surface area (Å²) in [6, 6.07) is 78.8. The highest BCUT2D eigenvalue weighted by molar-refractivity contribution is 6.31. The predicted molar refractivity (Wildman–Crippen MR) is 557 cm³/mol. The summed E-state index contributed by atoms with van der Waals surface area (Å²) >= 11 is 11.7. The van der Waals surface area contributed by atoms with Crippen molar-refractivity contribution in [2.45, 2.75) is 285 Å². The van der Waals surface area contributed by atoms with Crippen LogP contribution in [0.1, 0.15) is 273 Å². The number of para-hydroxylation sites is 1. The number of aromatic nitrogens is 1. The fraction of sp³-hybridized carbons (Fsp3) is 0.475. The molecule has 0 fully saturated rings. The van der Waals surface area contributed by atoms with Crippen LogP contribution in [0.5, 0.6) is 0 Å². The first kappa shape index (κ1) is 120. The Labute approximate surface area is 786 Å². The van der Waals surface area contributed by atoms with Crippen molar-refractivity contribution in [3.05, 3.63) is 354 Å². The molecular formula is C118H172Cl3F4N. The van der Waals surface area contributed by atoms with Crippen LogP contribution in [0.4, 0.5) is 17.6 Å². The van der Waals surface area contributed by atoms with Crippen LogP contribution >= 0.6 is 35.6 Å². The summed E-state index contributed by atoms with van der Waals surface area (Å²) in [6.07, 6.45) is 14.1. The summed E-state index contributed by atoms with van der Waals surface area (Å²) in [5.41, 5.74) is 17.8. The van der Waals surface area contributed by atoms with Crippen LogP contribution in [0.2, 0.25) is 10.0 Å². The molecule has 10 aromatic carbocycles. The largest absolute Gasteiger partial charge is 0.361 e. The van der Waals surface area contributed by atoms with E-state index in [-0.39, 0.29) is 24.0 Å². The number of fused-ring (bicyclic) bond motifs is 1. The first-order valence-electron chi connectivity index (χ1n) is 46.9. The highest BCUT2D eigenvalue weighted by Gasteiger charge is 2.09. The minimum Gasteiger partial charge on any atom is -0.361 e. The van der Waals surface area contributed by atoms with Gasteiger partial charge < -0.3 is 4.98 Å². The maximum Gasteiger partial charge on any atom is 0.126 e. The SMILES string of the molecule is CC(C)C(C)C.CC(C)CC(C)C.CC(C)Cc1c[nH]c2ccccc12.CC(C)Cc1cc(F)cc(F)c1.CC(C)Cc1ccc(Cl)cc1.CC(C)Cc1cccc(F)c1.CC(C)Cc1ccccc1.CC(C)Cc1ccccc1Cl.CC(C)Cc1ccccc1F.Cc1ccc(CC(C)C)cc1.Cc1cccc(CC(C)C)c1.Cc1cccc(CC(C)C)c1.Cl. The van der Waals surface area contributed by atoms with Crippen LogP contribution < -0.4 is 0 Å². The molecule has 1 heterocycles. The minimum absolute atomic E-state index is 0.